The molecular weight excluding hydrogens is 316 g/mol. The molecule has 0 bridgehead atoms. The quantitative estimate of drug-likeness (QED) is 0.200. The van der Waals surface area contributed by atoms with Crippen molar-refractivity contribution in [2.24, 2.45) is 0 Å². The van der Waals surface area contributed by atoms with E-state index in [1.54, 1.807) is 6.08 Å². The molecule has 0 fully saturated rings. The van der Waals surface area contributed by atoms with E-state index in [2.05, 4.69) is 27.4 Å². The lowest BCUT2D eigenvalue weighted by Crippen LogP contribution is -2.45. The first-order chi connectivity index (χ1) is 11.7. The average Bonchev–Trinajstić information content (AvgIpc) is 2.58. The minimum absolute atomic E-state index is 0.686. The average molecular weight is 353 g/mol. The second-order valence-corrected chi connectivity index (χ2v) is 7.98. The second kappa shape index (κ2) is 16.9. The van der Waals surface area contributed by atoms with Gasteiger partial charge in [-0.2, -0.15) is 0 Å². The van der Waals surface area contributed by atoms with Crippen molar-refractivity contribution in [2.75, 3.05) is 19.8 Å². The van der Waals surface area contributed by atoms with Crippen LogP contribution in [0.4, 0.5) is 0 Å². The van der Waals surface area contributed by atoms with Crippen molar-refractivity contribution in [3.63, 3.8) is 0 Å². The van der Waals surface area contributed by atoms with Gasteiger partial charge in [0.25, 0.3) is 0 Å². The largest absolute Gasteiger partial charge is 0.529 e. The Bertz CT molecular complexity index is 349. The van der Waals surface area contributed by atoms with E-state index in [0.717, 1.165) is 38.5 Å². The van der Waals surface area contributed by atoms with Crippen molar-refractivity contribution >= 4 is 8.80 Å². The van der Waals surface area contributed by atoms with Crippen molar-refractivity contribution in [3.05, 3.63) is 48.7 Å². The van der Waals surface area contributed by atoms with Gasteiger partial charge in [-0.1, -0.05) is 83.1 Å². The fraction of sp³-hybridized carbons (Fsp3) is 0.600. The lowest BCUT2D eigenvalue weighted by atomic mass is 10.4. The number of allylic oxidation sites excluding steroid dienone is 6. The van der Waals surface area contributed by atoms with E-state index in [0.29, 0.717) is 19.8 Å². The molecular formula is C20H36O3Si. The van der Waals surface area contributed by atoms with E-state index in [1.807, 2.05) is 36.1 Å². The number of hydrogen-bond acceptors (Lipinski definition) is 3. The highest BCUT2D eigenvalue weighted by molar-refractivity contribution is 6.66. The fourth-order valence-electron chi connectivity index (χ4n) is 1.79. The summed E-state index contributed by atoms with van der Waals surface area (Å²) >= 11 is 0. The van der Waals surface area contributed by atoms with Gasteiger partial charge in [0.1, 0.15) is 0 Å². The third kappa shape index (κ3) is 12.5. The molecule has 0 radical (unpaired) electrons. The summed E-state index contributed by atoms with van der Waals surface area (Å²) in [7, 11) is -2.75. The maximum Gasteiger partial charge on any atom is 0.529 e. The number of unbranched alkanes of at least 4 members (excludes halogenated alkanes) is 3. The summed E-state index contributed by atoms with van der Waals surface area (Å²) in [6.07, 6.45) is 17.9. The summed E-state index contributed by atoms with van der Waals surface area (Å²) in [5.74, 6) is 0. The third-order valence-electron chi connectivity index (χ3n) is 3.28. The first-order valence-corrected chi connectivity index (χ1v) is 11.1. The zero-order valence-corrected chi connectivity index (χ0v) is 16.8. The monoisotopic (exact) mass is 352 g/mol. The molecule has 0 aliphatic carbocycles. The Morgan fingerprint density at radius 1 is 0.667 bits per heavy atom. The smallest absolute Gasteiger partial charge is 0.370 e. The highest BCUT2D eigenvalue weighted by atomic mass is 28.4. The normalized spacial score (nSPS) is 12.8. The molecule has 0 aromatic heterocycles. The third-order valence-corrected chi connectivity index (χ3v) is 5.70. The van der Waals surface area contributed by atoms with Gasteiger partial charge in [0.15, 0.2) is 0 Å². The van der Waals surface area contributed by atoms with Crippen molar-refractivity contribution in [1.82, 2.24) is 0 Å². The Hall–Kier alpha value is -0.943. The summed E-state index contributed by atoms with van der Waals surface area (Å²) in [4.78, 5) is 0. The van der Waals surface area contributed by atoms with Crippen LogP contribution in [0.5, 0.6) is 0 Å². The van der Waals surface area contributed by atoms with Crippen molar-refractivity contribution in [3.8, 4) is 0 Å². The molecule has 0 saturated carbocycles. The van der Waals surface area contributed by atoms with Gasteiger partial charge in [0, 0.05) is 19.8 Å². The lowest BCUT2D eigenvalue weighted by molar-refractivity contribution is 0.0685. The molecule has 0 aliphatic rings. The molecule has 0 rings (SSSR count). The van der Waals surface area contributed by atoms with Crippen LogP contribution in [-0.2, 0) is 13.3 Å². The first kappa shape index (κ1) is 23.1. The molecule has 0 amide bonds. The molecule has 24 heavy (non-hydrogen) atoms. The molecule has 0 aliphatic heterocycles. The minimum atomic E-state index is -2.75. The van der Waals surface area contributed by atoms with Gasteiger partial charge in [-0.25, -0.2) is 0 Å². The van der Waals surface area contributed by atoms with Crippen molar-refractivity contribution < 1.29 is 13.3 Å². The Morgan fingerprint density at radius 2 is 1.08 bits per heavy atom. The molecule has 0 atom stereocenters. The minimum Gasteiger partial charge on any atom is -0.370 e. The van der Waals surface area contributed by atoms with Gasteiger partial charge in [0.2, 0.25) is 0 Å². The lowest BCUT2D eigenvalue weighted by Gasteiger charge is -2.27. The maximum atomic E-state index is 6.13. The van der Waals surface area contributed by atoms with E-state index in [4.69, 9.17) is 13.3 Å². The van der Waals surface area contributed by atoms with Crippen LogP contribution >= 0.6 is 0 Å². The SMILES string of the molecule is C=C/C=C/C=C/C=C/[Si](OCCCC)(OCCCC)OCCCC. The molecule has 0 saturated heterocycles. The molecule has 0 aromatic rings. The number of rotatable bonds is 16. The molecule has 3 nitrogen and oxygen atoms in total. The van der Waals surface area contributed by atoms with E-state index in [1.165, 1.54) is 0 Å². The summed E-state index contributed by atoms with van der Waals surface area (Å²) < 4.78 is 18.4. The Labute approximate surface area is 150 Å². The van der Waals surface area contributed by atoms with Crippen LogP contribution in [0.15, 0.2) is 48.7 Å². The molecule has 0 heterocycles. The van der Waals surface area contributed by atoms with Gasteiger partial charge in [0.05, 0.1) is 0 Å². The highest BCUT2D eigenvalue weighted by Crippen LogP contribution is 2.15. The Balaban J connectivity index is 4.95. The Morgan fingerprint density at radius 3 is 1.50 bits per heavy atom. The van der Waals surface area contributed by atoms with Crippen LogP contribution in [-0.4, -0.2) is 28.6 Å². The zero-order chi connectivity index (χ0) is 17.9. The van der Waals surface area contributed by atoms with E-state index >= 15 is 0 Å². The van der Waals surface area contributed by atoms with Crippen LogP contribution in [0.1, 0.15) is 59.3 Å². The van der Waals surface area contributed by atoms with Crippen LogP contribution in [0.25, 0.3) is 0 Å². The van der Waals surface area contributed by atoms with Gasteiger partial charge >= 0.3 is 8.80 Å². The topological polar surface area (TPSA) is 27.7 Å². The molecule has 0 N–H and O–H groups in total. The first-order valence-electron chi connectivity index (χ1n) is 9.30. The van der Waals surface area contributed by atoms with Gasteiger partial charge < -0.3 is 13.3 Å². The summed E-state index contributed by atoms with van der Waals surface area (Å²) in [5, 5.41) is 0. The predicted octanol–water partition coefficient (Wildman–Crippen LogP) is 5.77. The van der Waals surface area contributed by atoms with Gasteiger partial charge in [-0.05, 0) is 25.0 Å². The van der Waals surface area contributed by atoms with Gasteiger partial charge in [-0.3, -0.25) is 0 Å². The van der Waals surface area contributed by atoms with Crippen molar-refractivity contribution in [2.45, 2.75) is 59.3 Å². The van der Waals surface area contributed by atoms with E-state index < -0.39 is 8.80 Å². The predicted molar refractivity (Wildman–Crippen MR) is 106 cm³/mol. The molecule has 0 unspecified atom stereocenters. The zero-order valence-electron chi connectivity index (χ0n) is 15.8. The second-order valence-electron chi connectivity index (χ2n) is 5.57. The maximum absolute atomic E-state index is 6.13. The summed E-state index contributed by atoms with van der Waals surface area (Å²) in [6, 6.07) is 0. The van der Waals surface area contributed by atoms with E-state index in [-0.39, 0.29) is 0 Å². The van der Waals surface area contributed by atoms with Crippen LogP contribution in [0.3, 0.4) is 0 Å². The Kier molecular flexibility index (Phi) is 16.2. The molecule has 138 valence electrons. The summed E-state index contributed by atoms with van der Waals surface area (Å²) in [6.45, 7) is 12.2. The van der Waals surface area contributed by atoms with Crippen LogP contribution in [0.2, 0.25) is 0 Å². The molecule has 4 heteroatoms. The van der Waals surface area contributed by atoms with Crippen molar-refractivity contribution in [1.29, 1.82) is 0 Å². The van der Waals surface area contributed by atoms with Gasteiger partial charge in [-0.15, -0.1) is 0 Å². The van der Waals surface area contributed by atoms with Crippen LogP contribution < -0.4 is 0 Å². The standard InChI is InChI=1S/C20H36O3Si/c1-5-9-13-14-15-16-20-24(21-17-10-6-2,22-18-11-7-3)23-19-12-8-4/h5,9,13-16,20H,1,6-8,10-12,17-19H2,2-4H3/b13-9+,15-14+,20-16+. The van der Waals surface area contributed by atoms with E-state index in [9.17, 15) is 0 Å². The van der Waals surface area contributed by atoms with Crippen LogP contribution in [0, 0.1) is 0 Å². The highest BCUT2D eigenvalue weighted by Gasteiger charge is 2.38. The molecule has 0 spiro atoms. The summed E-state index contributed by atoms with van der Waals surface area (Å²) in [5.41, 5.74) is 2.01. The number of hydrogen-bond donors (Lipinski definition) is 0. The fourth-order valence-corrected chi connectivity index (χ4v) is 3.96. The molecule has 0 aromatic carbocycles.